The molecule has 0 bridgehead atoms. The molecule has 0 radical (unpaired) electrons. The van der Waals surface area contributed by atoms with Crippen molar-refractivity contribution in [2.24, 2.45) is 0 Å². The Morgan fingerprint density at radius 3 is 1.88 bits per heavy atom. The highest BCUT2D eigenvalue weighted by molar-refractivity contribution is 6.07. The largest absolute Gasteiger partial charge is 0.497 e. The van der Waals surface area contributed by atoms with Gasteiger partial charge in [0, 0.05) is 5.56 Å². The summed E-state index contributed by atoms with van der Waals surface area (Å²) in [6.45, 7) is 0.787. The Morgan fingerprint density at radius 1 is 0.706 bits per heavy atom. The highest BCUT2D eigenvalue weighted by atomic mass is 16.5. The van der Waals surface area contributed by atoms with Gasteiger partial charge in [0.25, 0.3) is 0 Å². The summed E-state index contributed by atoms with van der Waals surface area (Å²) in [5.74, 6) is 1.78. The standard InChI is InChI=1S/C30H26O4/c1-32-27-16-12-23(13-17-27)14-18-28(31)26-15-19-29(33-21-24-8-4-2-5-9-24)30(20-26)34-22-25-10-6-3-7-11-25/h2-20H,21-22H2,1H3/b18-14+. The van der Waals surface area contributed by atoms with Gasteiger partial charge in [-0.05, 0) is 53.1 Å². The molecular formula is C30H26O4. The maximum atomic E-state index is 12.9. The average Bonchev–Trinajstić information content (AvgIpc) is 2.91. The first kappa shape index (κ1) is 22.9. The van der Waals surface area contributed by atoms with E-state index in [1.54, 1.807) is 37.5 Å². The van der Waals surface area contributed by atoms with E-state index in [0.29, 0.717) is 30.3 Å². The number of methoxy groups -OCH3 is 1. The van der Waals surface area contributed by atoms with Crippen LogP contribution in [0.4, 0.5) is 0 Å². The van der Waals surface area contributed by atoms with Crippen molar-refractivity contribution in [3.8, 4) is 17.2 Å². The van der Waals surface area contributed by atoms with Crippen molar-refractivity contribution in [1.82, 2.24) is 0 Å². The maximum Gasteiger partial charge on any atom is 0.185 e. The Balaban J connectivity index is 1.52. The van der Waals surface area contributed by atoms with Crippen LogP contribution in [-0.4, -0.2) is 12.9 Å². The van der Waals surface area contributed by atoms with Gasteiger partial charge in [0.1, 0.15) is 19.0 Å². The fourth-order valence-electron chi connectivity index (χ4n) is 3.35. The van der Waals surface area contributed by atoms with Gasteiger partial charge in [0.2, 0.25) is 0 Å². The zero-order chi connectivity index (χ0) is 23.6. The van der Waals surface area contributed by atoms with Crippen LogP contribution in [0.3, 0.4) is 0 Å². The van der Waals surface area contributed by atoms with Gasteiger partial charge in [-0.15, -0.1) is 0 Å². The number of carbonyl (C=O) groups is 1. The minimum atomic E-state index is -0.116. The van der Waals surface area contributed by atoms with Crippen molar-refractivity contribution in [2.45, 2.75) is 13.2 Å². The van der Waals surface area contributed by atoms with E-state index in [0.717, 1.165) is 22.4 Å². The average molecular weight is 451 g/mol. The Morgan fingerprint density at radius 2 is 1.29 bits per heavy atom. The summed E-state index contributed by atoms with van der Waals surface area (Å²) in [6, 6.07) is 32.6. The van der Waals surface area contributed by atoms with E-state index in [1.165, 1.54) is 0 Å². The van der Waals surface area contributed by atoms with Crippen molar-refractivity contribution in [1.29, 1.82) is 0 Å². The van der Waals surface area contributed by atoms with Gasteiger partial charge in [-0.25, -0.2) is 0 Å². The molecule has 4 rings (SSSR count). The molecule has 4 aromatic carbocycles. The lowest BCUT2D eigenvalue weighted by Crippen LogP contribution is -2.03. The predicted octanol–water partition coefficient (Wildman–Crippen LogP) is 6.75. The maximum absolute atomic E-state index is 12.9. The first-order valence-electron chi connectivity index (χ1n) is 11.1. The van der Waals surface area contributed by atoms with Gasteiger partial charge in [0.05, 0.1) is 7.11 Å². The smallest absolute Gasteiger partial charge is 0.185 e. The van der Waals surface area contributed by atoms with Gasteiger partial charge in [0.15, 0.2) is 17.3 Å². The Kier molecular flexibility index (Phi) is 7.75. The summed E-state index contributed by atoms with van der Waals surface area (Å²) in [4.78, 5) is 12.9. The van der Waals surface area contributed by atoms with E-state index in [9.17, 15) is 4.79 Å². The molecule has 34 heavy (non-hydrogen) atoms. The molecule has 0 aliphatic carbocycles. The molecule has 0 saturated heterocycles. The molecule has 0 atom stereocenters. The topological polar surface area (TPSA) is 44.8 Å². The van der Waals surface area contributed by atoms with E-state index < -0.39 is 0 Å². The molecule has 4 heteroatoms. The van der Waals surface area contributed by atoms with E-state index in [-0.39, 0.29) is 5.78 Å². The minimum Gasteiger partial charge on any atom is -0.497 e. The lowest BCUT2D eigenvalue weighted by Gasteiger charge is -2.14. The number of carbonyl (C=O) groups excluding carboxylic acids is 1. The fourth-order valence-corrected chi connectivity index (χ4v) is 3.35. The number of hydrogen-bond donors (Lipinski definition) is 0. The van der Waals surface area contributed by atoms with Crippen LogP contribution in [0.15, 0.2) is 109 Å². The van der Waals surface area contributed by atoms with Crippen molar-refractivity contribution < 1.29 is 19.0 Å². The van der Waals surface area contributed by atoms with Gasteiger partial charge in [-0.2, -0.15) is 0 Å². The highest BCUT2D eigenvalue weighted by Gasteiger charge is 2.11. The normalized spacial score (nSPS) is 10.7. The lowest BCUT2D eigenvalue weighted by atomic mass is 10.1. The second-order valence-corrected chi connectivity index (χ2v) is 7.68. The first-order valence-corrected chi connectivity index (χ1v) is 11.1. The van der Waals surface area contributed by atoms with Crippen LogP contribution >= 0.6 is 0 Å². The number of hydrogen-bond acceptors (Lipinski definition) is 4. The molecule has 0 unspecified atom stereocenters. The third kappa shape index (κ3) is 6.36. The molecular weight excluding hydrogens is 424 g/mol. The van der Waals surface area contributed by atoms with E-state index in [2.05, 4.69) is 0 Å². The first-order chi connectivity index (χ1) is 16.7. The summed E-state index contributed by atoms with van der Waals surface area (Å²) in [5, 5.41) is 0. The van der Waals surface area contributed by atoms with Gasteiger partial charge in [-0.1, -0.05) is 78.9 Å². The lowest BCUT2D eigenvalue weighted by molar-refractivity contribution is 0.104. The second-order valence-electron chi connectivity index (χ2n) is 7.68. The third-order valence-electron chi connectivity index (χ3n) is 5.25. The summed E-state index contributed by atoms with van der Waals surface area (Å²) in [6.07, 6.45) is 3.34. The number of ether oxygens (including phenoxy) is 3. The van der Waals surface area contributed by atoms with Gasteiger partial charge in [-0.3, -0.25) is 4.79 Å². The van der Waals surface area contributed by atoms with Gasteiger partial charge < -0.3 is 14.2 Å². The Hall–Kier alpha value is -4.31. The van der Waals surface area contributed by atoms with Crippen LogP contribution in [0.1, 0.15) is 27.0 Å². The fraction of sp³-hybridized carbons (Fsp3) is 0.100. The summed E-state index contributed by atoms with van der Waals surface area (Å²) in [7, 11) is 1.62. The van der Waals surface area contributed by atoms with E-state index in [1.807, 2.05) is 84.9 Å². The summed E-state index contributed by atoms with van der Waals surface area (Å²) >= 11 is 0. The Labute approximate surface area is 200 Å². The minimum absolute atomic E-state index is 0.116. The molecule has 0 heterocycles. The van der Waals surface area contributed by atoms with Crippen LogP contribution in [0, 0.1) is 0 Å². The zero-order valence-corrected chi connectivity index (χ0v) is 19.0. The molecule has 0 aliphatic heterocycles. The van der Waals surface area contributed by atoms with E-state index in [4.69, 9.17) is 14.2 Å². The van der Waals surface area contributed by atoms with Crippen LogP contribution in [-0.2, 0) is 13.2 Å². The number of ketones is 1. The molecule has 4 aromatic rings. The molecule has 170 valence electrons. The summed E-state index contributed by atoms with van der Waals surface area (Å²) in [5.41, 5.74) is 3.53. The molecule has 0 amide bonds. The third-order valence-corrected chi connectivity index (χ3v) is 5.25. The van der Waals surface area contributed by atoms with Gasteiger partial charge >= 0.3 is 0 Å². The number of benzene rings is 4. The monoisotopic (exact) mass is 450 g/mol. The molecule has 0 aromatic heterocycles. The quantitative estimate of drug-likeness (QED) is 0.198. The molecule has 0 aliphatic rings. The Bertz CT molecular complexity index is 1230. The number of allylic oxidation sites excluding steroid dienone is 1. The van der Waals surface area contributed by atoms with Crippen molar-refractivity contribution in [2.75, 3.05) is 7.11 Å². The predicted molar refractivity (Wildman–Crippen MR) is 134 cm³/mol. The van der Waals surface area contributed by atoms with Crippen molar-refractivity contribution in [3.05, 3.63) is 131 Å². The molecule has 0 N–H and O–H groups in total. The van der Waals surface area contributed by atoms with Crippen LogP contribution in [0.2, 0.25) is 0 Å². The van der Waals surface area contributed by atoms with Crippen LogP contribution in [0.5, 0.6) is 17.2 Å². The van der Waals surface area contributed by atoms with Crippen LogP contribution in [0.25, 0.3) is 6.08 Å². The molecule has 0 fully saturated rings. The van der Waals surface area contributed by atoms with E-state index >= 15 is 0 Å². The molecule has 0 saturated carbocycles. The highest BCUT2D eigenvalue weighted by Crippen LogP contribution is 2.30. The zero-order valence-electron chi connectivity index (χ0n) is 19.0. The molecule has 4 nitrogen and oxygen atoms in total. The molecule has 0 spiro atoms. The summed E-state index contributed by atoms with van der Waals surface area (Å²) < 4.78 is 17.3. The second kappa shape index (κ2) is 11.5. The van der Waals surface area contributed by atoms with Crippen LogP contribution < -0.4 is 14.2 Å². The van der Waals surface area contributed by atoms with Crippen molar-refractivity contribution in [3.63, 3.8) is 0 Å². The number of rotatable bonds is 10. The SMILES string of the molecule is COc1ccc(/C=C/C(=O)c2ccc(OCc3ccccc3)c(OCc3ccccc3)c2)cc1. The van der Waals surface area contributed by atoms with Crippen molar-refractivity contribution >= 4 is 11.9 Å².